The smallest absolute Gasteiger partial charge is 0.306 e. The second kappa shape index (κ2) is 6.06. The van der Waals surface area contributed by atoms with Gasteiger partial charge in [0, 0.05) is 12.0 Å². The lowest BCUT2D eigenvalue weighted by atomic mass is 10.1. The molecule has 5 heteroatoms. The van der Waals surface area contributed by atoms with Crippen LogP contribution in [0.3, 0.4) is 0 Å². The number of aryl methyl sites for hydroxylation is 1. The van der Waals surface area contributed by atoms with Crippen molar-refractivity contribution in [2.45, 2.75) is 39.2 Å². The fraction of sp³-hybridized carbons (Fsp3) is 0.429. The van der Waals surface area contributed by atoms with Gasteiger partial charge in [-0.25, -0.2) is 0 Å². The van der Waals surface area contributed by atoms with Gasteiger partial charge >= 0.3 is 5.97 Å². The van der Waals surface area contributed by atoms with Crippen LogP contribution < -0.4 is 5.73 Å². The number of hydrogen-bond acceptors (Lipinski definition) is 3. The monoisotopic (exact) mass is 282 g/mol. The molecule has 0 aliphatic rings. The van der Waals surface area contributed by atoms with Crippen molar-refractivity contribution in [3.8, 4) is 0 Å². The Labute approximate surface area is 118 Å². The predicted molar refractivity (Wildman–Crippen MR) is 76.6 cm³/mol. The highest BCUT2D eigenvalue weighted by Gasteiger charge is 2.16. The maximum Gasteiger partial charge on any atom is 0.306 e. The molecule has 0 amide bonds. The van der Waals surface area contributed by atoms with Crippen molar-refractivity contribution in [3.63, 3.8) is 0 Å². The van der Waals surface area contributed by atoms with E-state index >= 15 is 0 Å². The molecule has 0 spiro atoms. The van der Waals surface area contributed by atoms with Crippen LogP contribution in [0.1, 0.15) is 38.3 Å². The van der Waals surface area contributed by atoms with Crippen molar-refractivity contribution in [1.29, 1.82) is 5.41 Å². The van der Waals surface area contributed by atoms with Crippen LogP contribution in [-0.4, -0.2) is 17.4 Å². The Balaban J connectivity index is 2.62. The van der Waals surface area contributed by atoms with Gasteiger partial charge in [-0.15, -0.1) is 0 Å². The fourth-order valence-corrected chi connectivity index (χ4v) is 1.88. The maximum absolute atomic E-state index is 11.6. The van der Waals surface area contributed by atoms with Crippen LogP contribution >= 0.6 is 11.6 Å². The van der Waals surface area contributed by atoms with Gasteiger partial charge in [0.05, 0.1) is 5.02 Å². The van der Waals surface area contributed by atoms with Crippen molar-refractivity contribution in [3.05, 3.63) is 34.3 Å². The molecule has 1 aromatic carbocycles. The Morgan fingerprint density at radius 2 is 2.05 bits per heavy atom. The Kier molecular flexibility index (Phi) is 4.95. The number of nitrogens with one attached hydrogen (secondary N) is 1. The quantitative estimate of drug-likeness (QED) is 0.506. The minimum Gasteiger partial charge on any atom is -0.460 e. The second-order valence-corrected chi connectivity index (χ2v) is 5.72. The molecule has 0 saturated heterocycles. The molecule has 0 radical (unpaired) electrons. The van der Waals surface area contributed by atoms with E-state index in [0.717, 1.165) is 5.56 Å². The van der Waals surface area contributed by atoms with E-state index in [1.54, 1.807) is 12.1 Å². The van der Waals surface area contributed by atoms with Gasteiger partial charge in [0.2, 0.25) is 0 Å². The number of amidine groups is 1. The van der Waals surface area contributed by atoms with Gasteiger partial charge in [0.15, 0.2) is 0 Å². The summed E-state index contributed by atoms with van der Waals surface area (Å²) in [6.07, 6.45) is 0.847. The Morgan fingerprint density at radius 1 is 1.42 bits per heavy atom. The molecule has 0 saturated carbocycles. The third-order valence-corrected chi connectivity index (χ3v) is 2.67. The molecule has 0 atom stereocenters. The molecule has 3 N–H and O–H groups in total. The van der Waals surface area contributed by atoms with Gasteiger partial charge in [-0.05, 0) is 44.9 Å². The van der Waals surface area contributed by atoms with E-state index in [2.05, 4.69) is 0 Å². The average molecular weight is 283 g/mol. The van der Waals surface area contributed by atoms with E-state index in [4.69, 9.17) is 27.5 Å². The fourth-order valence-electron chi connectivity index (χ4n) is 1.57. The Bertz CT molecular complexity index is 493. The summed E-state index contributed by atoms with van der Waals surface area (Å²) in [5.74, 6) is -0.303. The zero-order valence-corrected chi connectivity index (χ0v) is 12.2. The number of ether oxygens (including phenoxy) is 1. The number of carbonyl (C=O) groups excluding carboxylic acids is 1. The van der Waals surface area contributed by atoms with E-state index in [9.17, 15) is 4.79 Å². The summed E-state index contributed by atoms with van der Waals surface area (Å²) in [4.78, 5) is 11.6. The molecule has 19 heavy (non-hydrogen) atoms. The van der Waals surface area contributed by atoms with E-state index in [1.807, 2.05) is 26.8 Å². The van der Waals surface area contributed by atoms with E-state index in [1.165, 1.54) is 0 Å². The largest absolute Gasteiger partial charge is 0.460 e. The Morgan fingerprint density at radius 3 is 2.53 bits per heavy atom. The number of esters is 1. The highest BCUT2D eigenvalue weighted by molar-refractivity contribution is 6.34. The third kappa shape index (κ3) is 5.30. The molecule has 0 unspecified atom stereocenters. The normalized spacial score (nSPS) is 11.2. The number of hydrogen-bond donors (Lipinski definition) is 2. The molecular formula is C14H19ClN2O2. The molecule has 0 aliphatic carbocycles. The van der Waals surface area contributed by atoms with Gasteiger partial charge in [0.25, 0.3) is 0 Å². The summed E-state index contributed by atoms with van der Waals surface area (Å²) in [6.45, 7) is 5.51. The molecule has 0 fully saturated rings. The van der Waals surface area contributed by atoms with Crippen molar-refractivity contribution >= 4 is 23.4 Å². The Hall–Kier alpha value is -1.55. The van der Waals surface area contributed by atoms with Crippen LogP contribution in [0.4, 0.5) is 0 Å². The summed E-state index contributed by atoms with van der Waals surface area (Å²) in [5, 5.41) is 7.76. The number of benzene rings is 1. The number of rotatable bonds is 4. The van der Waals surface area contributed by atoms with E-state index in [0.29, 0.717) is 23.4 Å². The second-order valence-electron chi connectivity index (χ2n) is 5.31. The molecule has 104 valence electrons. The molecule has 4 nitrogen and oxygen atoms in total. The first-order chi connectivity index (χ1) is 8.69. The first-order valence-corrected chi connectivity index (χ1v) is 6.41. The molecule has 1 rings (SSSR count). The van der Waals surface area contributed by atoms with E-state index in [-0.39, 0.29) is 11.8 Å². The lowest BCUT2D eigenvalue weighted by Crippen LogP contribution is -2.24. The van der Waals surface area contributed by atoms with Crippen LogP contribution in [0.15, 0.2) is 18.2 Å². The molecule has 0 heterocycles. The zero-order chi connectivity index (χ0) is 14.6. The molecule has 0 aliphatic heterocycles. The van der Waals surface area contributed by atoms with Crippen molar-refractivity contribution in [2.75, 3.05) is 0 Å². The van der Waals surface area contributed by atoms with Crippen LogP contribution in [0, 0.1) is 5.41 Å². The summed E-state index contributed by atoms with van der Waals surface area (Å²) in [7, 11) is 0. The van der Waals surface area contributed by atoms with Gasteiger partial charge in [-0.3, -0.25) is 10.2 Å². The lowest BCUT2D eigenvalue weighted by Gasteiger charge is -2.19. The number of nitrogen functional groups attached to an aromatic ring is 1. The van der Waals surface area contributed by atoms with Gasteiger partial charge in [-0.1, -0.05) is 17.7 Å². The summed E-state index contributed by atoms with van der Waals surface area (Å²) < 4.78 is 5.23. The predicted octanol–water partition coefficient (Wildman–Crippen LogP) is 2.90. The van der Waals surface area contributed by atoms with Crippen molar-refractivity contribution in [2.24, 2.45) is 5.73 Å². The highest BCUT2D eigenvalue weighted by Crippen LogP contribution is 2.19. The van der Waals surface area contributed by atoms with Crippen molar-refractivity contribution in [1.82, 2.24) is 0 Å². The zero-order valence-electron chi connectivity index (χ0n) is 11.4. The number of halogens is 1. The molecule has 0 aromatic heterocycles. The lowest BCUT2D eigenvalue weighted by molar-refractivity contribution is -0.154. The summed E-state index contributed by atoms with van der Waals surface area (Å²) in [6, 6.07) is 5.23. The molecule has 1 aromatic rings. The maximum atomic E-state index is 11.6. The van der Waals surface area contributed by atoms with Crippen LogP contribution in [-0.2, 0) is 16.0 Å². The summed E-state index contributed by atoms with van der Waals surface area (Å²) >= 11 is 6.01. The standard InChI is InChI=1S/C14H19ClN2O2/c1-14(2,3)19-12(18)7-5-9-4-6-10(13(16)17)11(15)8-9/h4,6,8H,5,7H2,1-3H3,(H3,16,17). The SMILES string of the molecule is CC(C)(C)OC(=O)CCc1ccc(C(=N)N)c(Cl)c1. The molecule has 0 bridgehead atoms. The van der Waals surface area contributed by atoms with Crippen LogP contribution in [0.25, 0.3) is 0 Å². The van der Waals surface area contributed by atoms with Gasteiger partial charge in [-0.2, -0.15) is 0 Å². The molecular weight excluding hydrogens is 264 g/mol. The van der Waals surface area contributed by atoms with Crippen LogP contribution in [0.5, 0.6) is 0 Å². The van der Waals surface area contributed by atoms with Crippen molar-refractivity contribution < 1.29 is 9.53 Å². The highest BCUT2D eigenvalue weighted by atomic mass is 35.5. The van der Waals surface area contributed by atoms with Crippen LogP contribution in [0.2, 0.25) is 5.02 Å². The first kappa shape index (κ1) is 15.5. The minimum atomic E-state index is -0.465. The number of carbonyl (C=O) groups is 1. The van der Waals surface area contributed by atoms with E-state index < -0.39 is 5.60 Å². The number of nitrogens with two attached hydrogens (primary N) is 1. The van der Waals surface area contributed by atoms with Gasteiger partial charge in [0.1, 0.15) is 11.4 Å². The van der Waals surface area contributed by atoms with Gasteiger partial charge < -0.3 is 10.5 Å². The summed E-state index contributed by atoms with van der Waals surface area (Å²) in [5.41, 5.74) is 6.34. The average Bonchev–Trinajstić information content (AvgIpc) is 2.23. The topological polar surface area (TPSA) is 76.2 Å². The third-order valence-electron chi connectivity index (χ3n) is 2.36. The first-order valence-electron chi connectivity index (χ1n) is 6.04. The minimum absolute atomic E-state index is 0.0660.